The third-order valence-electron chi connectivity index (χ3n) is 0.986. The molecule has 0 fully saturated rings. The molecule has 4 heteroatoms. The highest BCUT2D eigenvalue weighted by Gasteiger charge is 2.07. The van der Waals surface area contributed by atoms with E-state index in [0.29, 0.717) is 5.02 Å². The number of nitroso groups, excluding NO2 is 1. The van der Waals surface area contributed by atoms with E-state index >= 15 is 0 Å². The van der Waals surface area contributed by atoms with Gasteiger partial charge < -0.3 is 0 Å². The predicted molar refractivity (Wildman–Crippen MR) is 37.8 cm³/mol. The quantitative estimate of drug-likeness (QED) is 0.380. The van der Waals surface area contributed by atoms with Gasteiger partial charge >= 0.3 is 5.69 Å². The molecule has 0 aromatic heterocycles. The molecule has 0 spiro atoms. The number of hydrogen-bond donors (Lipinski definition) is 1. The Morgan fingerprint density at radius 2 is 2.40 bits per heavy atom. The normalized spacial score (nSPS) is 9.30. The molecular formula is C6H5ClN2O+. The summed E-state index contributed by atoms with van der Waals surface area (Å²) in [6.45, 7) is 0. The Bertz CT molecular complexity index is 262. The van der Waals surface area contributed by atoms with Crippen molar-refractivity contribution in [3.63, 3.8) is 0 Å². The maximum Gasteiger partial charge on any atom is 0.301 e. The molecule has 0 aliphatic rings. The second-order valence-corrected chi connectivity index (χ2v) is 2.15. The maximum absolute atomic E-state index is 10.4. The van der Waals surface area contributed by atoms with Gasteiger partial charge in [0.1, 0.15) is 0 Å². The van der Waals surface area contributed by atoms with Crippen LogP contribution in [-0.4, -0.2) is 4.87 Å². The second kappa shape index (κ2) is 2.66. The van der Waals surface area contributed by atoms with Crippen LogP contribution in [0.5, 0.6) is 0 Å². The monoisotopic (exact) mass is 156 g/mol. The number of nitrogens with two attached hydrogens (primary N) is 1. The van der Waals surface area contributed by atoms with Crippen molar-refractivity contribution >= 4 is 17.3 Å². The highest BCUT2D eigenvalue weighted by molar-refractivity contribution is 6.30. The molecule has 0 unspecified atom stereocenters. The summed E-state index contributed by atoms with van der Waals surface area (Å²) in [7, 11) is 0. The van der Waals surface area contributed by atoms with Crippen LogP contribution >= 0.6 is 11.6 Å². The van der Waals surface area contributed by atoms with E-state index in [1.165, 1.54) is 12.1 Å². The largest absolute Gasteiger partial charge is 0.301 e. The number of hydrogen-bond acceptors (Lipinski definition) is 1. The van der Waals surface area contributed by atoms with Crippen molar-refractivity contribution in [3.8, 4) is 0 Å². The molecule has 0 amide bonds. The van der Waals surface area contributed by atoms with Gasteiger partial charge in [-0.25, -0.2) is 0 Å². The molecule has 0 bridgehead atoms. The molecule has 2 N–H and O–H groups in total. The average Bonchev–Trinajstić information content (AvgIpc) is 1.88. The Hall–Kier alpha value is -1.09. The van der Waals surface area contributed by atoms with Crippen LogP contribution in [0.4, 0.5) is 5.69 Å². The van der Waals surface area contributed by atoms with Crippen molar-refractivity contribution in [2.24, 2.45) is 5.84 Å². The lowest BCUT2D eigenvalue weighted by Gasteiger charge is -1.85. The number of hydrazine groups is 1. The number of rotatable bonds is 1. The van der Waals surface area contributed by atoms with Crippen LogP contribution in [0, 0.1) is 11.0 Å². The summed E-state index contributed by atoms with van der Waals surface area (Å²) >= 11 is 5.55. The molecule has 51 valence electrons. The van der Waals surface area contributed by atoms with Crippen molar-refractivity contribution < 1.29 is 4.87 Å². The summed E-state index contributed by atoms with van der Waals surface area (Å²) in [6, 6.07) is 7.21. The first-order chi connectivity index (χ1) is 4.70. The minimum absolute atomic E-state index is 0.214. The van der Waals surface area contributed by atoms with E-state index in [9.17, 15) is 4.91 Å². The molecule has 0 aliphatic heterocycles. The first kappa shape index (κ1) is 7.02. The van der Waals surface area contributed by atoms with Crippen LogP contribution in [0.25, 0.3) is 0 Å². The molecule has 1 rings (SSSR count). The molecule has 10 heavy (non-hydrogen) atoms. The van der Waals surface area contributed by atoms with Gasteiger partial charge in [-0.05, 0) is 12.1 Å². The van der Waals surface area contributed by atoms with Gasteiger partial charge in [0.15, 0.2) is 4.87 Å². The molecule has 1 aromatic carbocycles. The molecule has 3 nitrogen and oxygen atoms in total. The van der Waals surface area contributed by atoms with Gasteiger partial charge in [0.25, 0.3) is 0 Å². The highest BCUT2D eigenvalue weighted by Crippen LogP contribution is 2.14. The van der Waals surface area contributed by atoms with Gasteiger partial charge in [0, 0.05) is 11.1 Å². The zero-order valence-electron chi connectivity index (χ0n) is 5.04. The zero-order valence-corrected chi connectivity index (χ0v) is 5.80. The van der Waals surface area contributed by atoms with Gasteiger partial charge in [-0.1, -0.05) is 11.6 Å². The third kappa shape index (κ3) is 1.45. The van der Waals surface area contributed by atoms with Crippen LogP contribution < -0.4 is 5.84 Å². The van der Waals surface area contributed by atoms with E-state index in [0.717, 1.165) is 0 Å². The summed E-state index contributed by atoms with van der Waals surface area (Å²) in [5.74, 6) is 4.87. The van der Waals surface area contributed by atoms with Crippen LogP contribution in [0.2, 0.25) is 5.02 Å². The summed E-state index contributed by atoms with van der Waals surface area (Å²) in [4.78, 5) is 10.6. The zero-order chi connectivity index (χ0) is 7.56. The Labute approximate surface area is 62.9 Å². The average molecular weight is 157 g/mol. The van der Waals surface area contributed by atoms with Crippen molar-refractivity contribution in [1.29, 1.82) is 0 Å². The fourth-order valence-corrected chi connectivity index (χ4v) is 0.721. The van der Waals surface area contributed by atoms with Gasteiger partial charge in [0.2, 0.25) is 0 Å². The van der Waals surface area contributed by atoms with Crippen molar-refractivity contribution in [2.45, 2.75) is 0 Å². The van der Waals surface area contributed by atoms with E-state index in [2.05, 4.69) is 6.07 Å². The maximum atomic E-state index is 10.4. The van der Waals surface area contributed by atoms with Gasteiger partial charge in [-0.2, -0.15) is 5.84 Å². The SMILES string of the molecule is N[N+](=O)c1[c]ccc(Cl)c1. The third-order valence-corrected chi connectivity index (χ3v) is 1.22. The van der Waals surface area contributed by atoms with Gasteiger partial charge in [-0.3, -0.25) is 0 Å². The van der Waals surface area contributed by atoms with E-state index in [-0.39, 0.29) is 10.6 Å². The lowest BCUT2D eigenvalue weighted by Crippen LogP contribution is -2.08. The Morgan fingerprint density at radius 1 is 1.70 bits per heavy atom. The van der Waals surface area contributed by atoms with Crippen LogP contribution in [-0.2, 0) is 0 Å². The first-order valence-corrected chi connectivity index (χ1v) is 2.97. The summed E-state index contributed by atoms with van der Waals surface area (Å²) in [6.07, 6.45) is 0. The van der Waals surface area contributed by atoms with Gasteiger partial charge in [0.05, 0.1) is 11.0 Å². The fourth-order valence-electron chi connectivity index (χ4n) is 0.554. The summed E-state index contributed by atoms with van der Waals surface area (Å²) in [5.41, 5.74) is 0.229. The number of benzene rings is 1. The highest BCUT2D eigenvalue weighted by atomic mass is 35.5. The fraction of sp³-hybridized carbons (Fsp3) is 0. The molecule has 1 aromatic rings. The Morgan fingerprint density at radius 3 is 2.80 bits per heavy atom. The van der Waals surface area contributed by atoms with Crippen LogP contribution in [0.15, 0.2) is 18.2 Å². The molecule has 0 aliphatic carbocycles. The van der Waals surface area contributed by atoms with Crippen LogP contribution in [0.1, 0.15) is 0 Å². The lowest BCUT2D eigenvalue weighted by atomic mass is 10.3. The predicted octanol–water partition coefficient (Wildman–Crippen LogP) is 1.42. The molecule has 1 radical (unpaired) electrons. The lowest BCUT2D eigenvalue weighted by molar-refractivity contribution is -0.475. The second-order valence-electron chi connectivity index (χ2n) is 1.72. The standard InChI is InChI=1S/C6H5ClN2O/c7-5-2-1-3-6(4-5)9(8)10/h1-2,4H,(H2,8,10)/q+1. The number of nitrogens with zero attached hydrogens (tertiary/aromatic N) is 1. The first-order valence-electron chi connectivity index (χ1n) is 2.59. The minimum atomic E-state index is 0.214. The van der Waals surface area contributed by atoms with Crippen molar-refractivity contribution in [2.75, 3.05) is 0 Å². The number of halogens is 1. The molecule has 0 atom stereocenters. The minimum Gasteiger partial charge on any atom is -0.159 e. The molecule has 0 saturated heterocycles. The smallest absolute Gasteiger partial charge is 0.159 e. The van der Waals surface area contributed by atoms with Crippen LogP contribution in [0.3, 0.4) is 0 Å². The van der Waals surface area contributed by atoms with E-state index < -0.39 is 0 Å². The Kier molecular flexibility index (Phi) is 1.87. The Balaban J connectivity index is 3.07. The van der Waals surface area contributed by atoms with Crippen molar-refractivity contribution in [1.82, 2.24) is 0 Å². The molecule has 0 heterocycles. The summed E-state index contributed by atoms with van der Waals surface area (Å²) < 4.78 is 0. The molecule has 0 saturated carbocycles. The summed E-state index contributed by atoms with van der Waals surface area (Å²) in [5, 5.41) is 0.472. The van der Waals surface area contributed by atoms with E-state index in [4.69, 9.17) is 17.4 Å². The molecular weight excluding hydrogens is 152 g/mol. The topological polar surface area (TPSA) is 46.1 Å². The van der Waals surface area contributed by atoms with Gasteiger partial charge in [-0.15, -0.1) is 0 Å². The van der Waals surface area contributed by atoms with E-state index in [1.54, 1.807) is 6.07 Å². The van der Waals surface area contributed by atoms with E-state index in [1.807, 2.05) is 0 Å². The van der Waals surface area contributed by atoms with Crippen molar-refractivity contribution in [3.05, 3.63) is 34.2 Å².